The number of carbonyl (C=O) groups excluding carboxylic acids is 1. The van der Waals surface area contributed by atoms with Crippen LogP contribution in [0.3, 0.4) is 0 Å². The minimum absolute atomic E-state index is 0.0508. The van der Waals surface area contributed by atoms with E-state index in [9.17, 15) is 9.90 Å². The summed E-state index contributed by atoms with van der Waals surface area (Å²) in [7, 11) is 0. The molecule has 4 nitrogen and oxygen atoms in total. The molecule has 1 aliphatic heterocycles. The zero-order valence-electron chi connectivity index (χ0n) is 13.1. The maximum atomic E-state index is 12.2. The number of phenolic OH excluding ortho intramolecular Hbond substituents is 1. The number of carbonyl (C=O) groups is 1. The van der Waals surface area contributed by atoms with Crippen molar-refractivity contribution in [3.05, 3.63) is 29.3 Å². The Labute approximate surface area is 127 Å². The predicted octanol–water partition coefficient (Wildman–Crippen LogP) is 2.73. The molecule has 1 saturated heterocycles. The first-order valence-electron chi connectivity index (χ1n) is 7.91. The van der Waals surface area contributed by atoms with E-state index in [-0.39, 0.29) is 11.7 Å². The zero-order valence-corrected chi connectivity index (χ0v) is 13.1. The number of rotatable bonds is 5. The average Bonchev–Trinajstić information content (AvgIpc) is 2.48. The van der Waals surface area contributed by atoms with Crippen LogP contribution in [0.15, 0.2) is 18.2 Å². The summed E-state index contributed by atoms with van der Waals surface area (Å²) in [5.74, 6) is 0.201. The minimum atomic E-state index is -0.188. The lowest BCUT2D eigenvalue weighted by Crippen LogP contribution is -2.37. The molecule has 4 heteroatoms. The van der Waals surface area contributed by atoms with E-state index >= 15 is 0 Å². The van der Waals surface area contributed by atoms with Crippen molar-refractivity contribution in [3.63, 3.8) is 0 Å². The van der Waals surface area contributed by atoms with E-state index in [2.05, 4.69) is 24.1 Å². The highest BCUT2D eigenvalue weighted by Crippen LogP contribution is 2.23. The molecular formula is C17H26N2O2. The molecule has 0 aliphatic carbocycles. The molecule has 2 rings (SSSR count). The van der Waals surface area contributed by atoms with Crippen molar-refractivity contribution in [2.75, 3.05) is 26.2 Å². The van der Waals surface area contributed by atoms with Gasteiger partial charge in [-0.3, -0.25) is 4.79 Å². The van der Waals surface area contributed by atoms with Crippen molar-refractivity contribution >= 4 is 5.91 Å². The van der Waals surface area contributed by atoms with Gasteiger partial charge in [0.2, 0.25) is 0 Å². The largest absolute Gasteiger partial charge is 0.507 e. The third-order valence-electron chi connectivity index (χ3n) is 4.09. The molecule has 0 unspecified atom stereocenters. The molecule has 1 aliphatic rings. The smallest absolute Gasteiger partial charge is 0.255 e. The monoisotopic (exact) mass is 290 g/mol. The SMILES string of the molecule is CC(C)c1ccc(O)c(C(=O)NCCN2CCCCC2)c1. The van der Waals surface area contributed by atoms with Gasteiger partial charge in [0.25, 0.3) is 5.91 Å². The zero-order chi connectivity index (χ0) is 15.2. The number of phenols is 1. The molecule has 0 aromatic heterocycles. The van der Waals surface area contributed by atoms with Gasteiger partial charge in [-0.25, -0.2) is 0 Å². The molecule has 1 aromatic carbocycles. The lowest BCUT2D eigenvalue weighted by molar-refractivity contribution is 0.0944. The first-order chi connectivity index (χ1) is 10.1. The van der Waals surface area contributed by atoms with E-state index in [0.29, 0.717) is 18.0 Å². The van der Waals surface area contributed by atoms with Gasteiger partial charge >= 0.3 is 0 Å². The number of likely N-dealkylation sites (tertiary alicyclic amines) is 1. The molecule has 0 atom stereocenters. The van der Waals surface area contributed by atoms with Gasteiger partial charge < -0.3 is 15.3 Å². The second kappa shape index (κ2) is 7.46. The van der Waals surface area contributed by atoms with Crippen molar-refractivity contribution in [2.45, 2.75) is 39.0 Å². The van der Waals surface area contributed by atoms with Gasteiger partial charge in [-0.05, 0) is 49.5 Å². The molecule has 0 bridgehead atoms. The highest BCUT2D eigenvalue weighted by atomic mass is 16.3. The minimum Gasteiger partial charge on any atom is -0.507 e. The standard InChI is InChI=1S/C17H26N2O2/c1-13(2)14-6-7-16(20)15(12-14)17(21)18-8-11-19-9-4-3-5-10-19/h6-7,12-13,20H,3-5,8-11H2,1-2H3,(H,18,21). The first-order valence-corrected chi connectivity index (χ1v) is 7.91. The molecular weight excluding hydrogens is 264 g/mol. The summed E-state index contributed by atoms with van der Waals surface area (Å²) in [4.78, 5) is 14.6. The molecule has 1 aromatic rings. The van der Waals surface area contributed by atoms with Crippen LogP contribution in [0.25, 0.3) is 0 Å². The first kappa shape index (κ1) is 15.8. The van der Waals surface area contributed by atoms with Gasteiger partial charge in [-0.2, -0.15) is 0 Å². The molecule has 0 radical (unpaired) electrons. The normalized spacial score (nSPS) is 16.1. The Kier molecular flexibility index (Phi) is 5.62. The summed E-state index contributed by atoms with van der Waals surface area (Å²) in [5.41, 5.74) is 1.44. The summed E-state index contributed by atoms with van der Waals surface area (Å²) in [6.07, 6.45) is 3.83. The van der Waals surface area contributed by atoms with Crippen LogP contribution in [-0.4, -0.2) is 42.1 Å². The molecule has 1 heterocycles. The van der Waals surface area contributed by atoms with Crippen LogP contribution in [0.1, 0.15) is 54.9 Å². The second-order valence-corrected chi connectivity index (χ2v) is 6.09. The summed E-state index contributed by atoms with van der Waals surface area (Å²) in [5, 5.41) is 12.8. The Hall–Kier alpha value is -1.55. The van der Waals surface area contributed by atoms with Crippen LogP contribution in [-0.2, 0) is 0 Å². The number of hydrogen-bond acceptors (Lipinski definition) is 3. The molecule has 0 saturated carbocycles. The van der Waals surface area contributed by atoms with Crippen molar-refractivity contribution < 1.29 is 9.90 Å². The third kappa shape index (κ3) is 4.46. The van der Waals surface area contributed by atoms with Crippen molar-refractivity contribution in [1.82, 2.24) is 10.2 Å². The van der Waals surface area contributed by atoms with Crippen molar-refractivity contribution in [1.29, 1.82) is 0 Å². The molecule has 1 fully saturated rings. The number of piperidine rings is 1. The highest BCUT2D eigenvalue weighted by Gasteiger charge is 2.14. The predicted molar refractivity (Wildman–Crippen MR) is 84.8 cm³/mol. The Bertz CT molecular complexity index is 480. The second-order valence-electron chi connectivity index (χ2n) is 6.09. The fraction of sp³-hybridized carbons (Fsp3) is 0.588. The van der Waals surface area contributed by atoms with Crippen LogP contribution in [0.4, 0.5) is 0 Å². The number of hydrogen-bond donors (Lipinski definition) is 2. The average molecular weight is 290 g/mol. The molecule has 0 spiro atoms. The van der Waals surface area contributed by atoms with E-state index in [0.717, 1.165) is 25.2 Å². The van der Waals surface area contributed by atoms with Crippen LogP contribution in [0.2, 0.25) is 0 Å². The fourth-order valence-electron chi connectivity index (χ4n) is 2.70. The van der Waals surface area contributed by atoms with Crippen LogP contribution < -0.4 is 5.32 Å². The van der Waals surface area contributed by atoms with Gasteiger partial charge in [0.15, 0.2) is 0 Å². The molecule has 21 heavy (non-hydrogen) atoms. The van der Waals surface area contributed by atoms with Gasteiger partial charge in [0.05, 0.1) is 5.56 Å². The fourth-order valence-corrected chi connectivity index (χ4v) is 2.70. The molecule has 116 valence electrons. The lowest BCUT2D eigenvalue weighted by Gasteiger charge is -2.26. The van der Waals surface area contributed by atoms with Gasteiger partial charge in [0.1, 0.15) is 5.75 Å². The summed E-state index contributed by atoms with van der Waals surface area (Å²) in [6.45, 7) is 7.92. The topological polar surface area (TPSA) is 52.6 Å². The van der Waals surface area contributed by atoms with E-state index in [1.54, 1.807) is 12.1 Å². The van der Waals surface area contributed by atoms with Crippen LogP contribution >= 0.6 is 0 Å². The molecule has 1 amide bonds. The van der Waals surface area contributed by atoms with Gasteiger partial charge in [0, 0.05) is 13.1 Å². The van der Waals surface area contributed by atoms with E-state index in [1.165, 1.54) is 19.3 Å². The number of nitrogens with one attached hydrogen (secondary N) is 1. The number of benzene rings is 1. The van der Waals surface area contributed by atoms with Crippen LogP contribution in [0, 0.1) is 0 Å². The summed E-state index contributed by atoms with van der Waals surface area (Å²) >= 11 is 0. The number of aromatic hydroxyl groups is 1. The summed E-state index contributed by atoms with van der Waals surface area (Å²) < 4.78 is 0. The van der Waals surface area contributed by atoms with Crippen molar-refractivity contribution in [2.24, 2.45) is 0 Å². The van der Waals surface area contributed by atoms with Crippen LogP contribution in [0.5, 0.6) is 5.75 Å². The number of amides is 1. The number of nitrogens with zero attached hydrogens (tertiary/aromatic N) is 1. The van der Waals surface area contributed by atoms with E-state index < -0.39 is 0 Å². The maximum Gasteiger partial charge on any atom is 0.255 e. The Morgan fingerprint density at radius 3 is 2.67 bits per heavy atom. The Balaban J connectivity index is 1.89. The maximum absolute atomic E-state index is 12.2. The third-order valence-corrected chi connectivity index (χ3v) is 4.09. The summed E-state index contributed by atoms with van der Waals surface area (Å²) in [6, 6.07) is 5.26. The Morgan fingerprint density at radius 1 is 1.29 bits per heavy atom. The molecule has 2 N–H and O–H groups in total. The van der Waals surface area contributed by atoms with Crippen molar-refractivity contribution in [3.8, 4) is 5.75 Å². The van der Waals surface area contributed by atoms with Gasteiger partial charge in [-0.15, -0.1) is 0 Å². The van der Waals surface area contributed by atoms with Gasteiger partial charge in [-0.1, -0.05) is 26.3 Å². The van der Waals surface area contributed by atoms with E-state index in [4.69, 9.17) is 0 Å². The quantitative estimate of drug-likeness (QED) is 0.876. The lowest BCUT2D eigenvalue weighted by atomic mass is 10.00. The highest BCUT2D eigenvalue weighted by molar-refractivity contribution is 5.97. The Morgan fingerprint density at radius 2 is 2.00 bits per heavy atom. The van der Waals surface area contributed by atoms with E-state index in [1.807, 2.05) is 6.07 Å².